The maximum absolute atomic E-state index is 5.76. The molecule has 1 aromatic rings. The van der Waals surface area contributed by atoms with E-state index < -0.39 is 0 Å². The smallest absolute Gasteiger partial charge is 0.0480 e. The summed E-state index contributed by atoms with van der Waals surface area (Å²) in [6.45, 7) is 2.46. The van der Waals surface area contributed by atoms with E-state index in [4.69, 9.17) is 5.73 Å². The minimum absolute atomic E-state index is 0.604. The molecule has 1 saturated heterocycles. The Bertz CT molecular complexity index is 417. The average Bonchev–Trinajstić information content (AvgIpc) is 3.04. The number of benzene rings is 1. The fourth-order valence-corrected chi connectivity index (χ4v) is 3.24. The minimum Gasteiger partial charge on any atom is -0.399 e. The largest absolute Gasteiger partial charge is 0.399 e. The van der Waals surface area contributed by atoms with Crippen LogP contribution in [-0.4, -0.2) is 30.1 Å². The number of likely N-dealkylation sites (tertiary alicyclic amines) is 1. The number of nitrogens with two attached hydrogens (primary N) is 1. The van der Waals surface area contributed by atoms with Crippen molar-refractivity contribution in [2.24, 2.45) is 0 Å². The van der Waals surface area contributed by atoms with Crippen LogP contribution in [0.2, 0.25) is 0 Å². The summed E-state index contributed by atoms with van der Waals surface area (Å²) in [5, 5.41) is 3.64. The van der Waals surface area contributed by atoms with Crippen molar-refractivity contribution in [1.82, 2.24) is 4.90 Å². The number of halogens is 1. The van der Waals surface area contributed by atoms with E-state index in [0.717, 1.165) is 11.7 Å². The Labute approximate surface area is 116 Å². The fraction of sp³-hybridized carbons (Fsp3) is 0.538. The number of hydrogen-bond acceptors (Lipinski definition) is 3. The molecule has 0 bridgehead atoms. The van der Waals surface area contributed by atoms with Crippen LogP contribution in [0.3, 0.4) is 0 Å². The number of rotatable bonds is 3. The Morgan fingerprint density at radius 3 is 2.82 bits per heavy atom. The molecule has 1 aromatic carbocycles. The molecule has 3 nitrogen and oxygen atoms in total. The van der Waals surface area contributed by atoms with Gasteiger partial charge in [0.2, 0.25) is 0 Å². The van der Waals surface area contributed by atoms with Crippen molar-refractivity contribution < 1.29 is 0 Å². The molecule has 2 aliphatic rings. The minimum atomic E-state index is 0.604. The van der Waals surface area contributed by atoms with Crippen LogP contribution >= 0.6 is 22.6 Å². The highest BCUT2D eigenvalue weighted by Crippen LogP contribution is 2.31. The lowest BCUT2D eigenvalue weighted by Crippen LogP contribution is -2.27. The first-order chi connectivity index (χ1) is 8.22. The molecule has 92 valence electrons. The summed E-state index contributed by atoms with van der Waals surface area (Å²) in [5.74, 6) is 0. The van der Waals surface area contributed by atoms with Gasteiger partial charge in [-0.1, -0.05) is 0 Å². The Hall–Kier alpha value is -0.490. The lowest BCUT2D eigenvalue weighted by Gasteiger charge is -2.17. The van der Waals surface area contributed by atoms with E-state index in [1.165, 1.54) is 41.6 Å². The summed E-state index contributed by atoms with van der Waals surface area (Å²) in [5.41, 5.74) is 7.83. The van der Waals surface area contributed by atoms with E-state index in [2.05, 4.69) is 38.9 Å². The Morgan fingerprint density at radius 1 is 1.29 bits per heavy atom. The van der Waals surface area contributed by atoms with Gasteiger partial charge in [0.15, 0.2) is 0 Å². The quantitative estimate of drug-likeness (QED) is 0.655. The van der Waals surface area contributed by atoms with Crippen molar-refractivity contribution in [2.75, 3.05) is 24.1 Å². The third-order valence-electron chi connectivity index (χ3n) is 3.64. The van der Waals surface area contributed by atoms with Crippen LogP contribution in [0.4, 0.5) is 11.4 Å². The molecular weight excluding hydrogens is 325 g/mol. The summed E-state index contributed by atoms with van der Waals surface area (Å²) < 4.78 is 1.22. The zero-order valence-electron chi connectivity index (χ0n) is 9.82. The molecular formula is C13H18IN3. The van der Waals surface area contributed by atoms with E-state index in [-0.39, 0.29) is 0 Å². The first-order valence-electron chi connectivity index (χ1n) is 6.28. The van der Waals surface area contributed by atoms with Crippen LogP contribution in [0, 0.1) is 3.57 Å². The summed E-state index contributed by atoms with van der Waals surface area (Å²) in [6.07, 6.45) is 4.08. The van der Waals surface area contributed by atoms with Gasteiger partial charge < -0.3 is 11.1 Å². The second-order valence-corrected chi connectivity index (χ2v) is 6.26. The van der Waals surface area contributed by atoms with Crippen molar-refractivity contribution in [1.29, 1.82) is 0 Å². The van der Waals surface area contributed by atoms with Crippen LogP contribution in [0.5, 0.6) is 0 Å². The predicted octanol–water partition coefficient (Wildman–Crippen LogP) is 2.52. The normalized spacial score (nSPS) is 25.1. The highest BCUT2D eigenvalue weighted by atomic mass is 127. The summed E-state index contributed by atoms with van der Waals surface area (Å²) in [6, 6.07) is 7.59. The SMILES string of the molecule is Nc1ccc(NC2CCN(C3CC3)C2)c(I)c1. The number of nitrogens with zero attached hydrogens (tertiary/aromatic N) is 1. The van der Waals surface area contributed by atoms with Gasteiger partial charge in [-0.05, 0) is 60.1 Å². The van der Waals surface area contributed by atoms with Gasteiger partial charge in [0.1, 0.15) is 0 Å². The predicted molar refractivity (Wildman–Crippen MR) is 80.2 cm³/mol. The van der Waals surface area contributed by atoms with Gasteiger partial charge in [-0.2, -0.15) is 0 Å². The molecule has 0 spiro atoms. The van der Waals surface area contributed by atoms with E-state index in [1.807, 2.05) is 12.1 Å². The van der Waals surface area contributed by atoms with Crippen molar-refractivity contribution in [3.8, 4) is 0 Å². The fourth-order valence-electron chi connectivity index (χ4n) is 2.54. The molecule has 2 fully saturated rings. The highest BCUT2D eigenvalue weighted by molar-refractivity contribution is 14.1. The molecule has 17 heavy (non-hydrogen) atoms. The van der Waals surface area contributed by atoms with Gasteiger partial charge in [-0.15, -0.1) is 0 Å². The lowest BCUT2D eigenvalue weighted by molar-refractivity contribution is 0.326. The summed E-state index contributed by atoms with van der Waals surface area (Å²) >= 11 is 2.35. The Kier molecular flexibility index (Phi) is 3.17. The topological polar surface area (TPSA) is 41.3 Å². The molecule has 0 radical (unpaired) electrons. The van der Waals surface area contributed by atoms with Gasteiger partial charge >= 0.3 is 0 Å². The summed E-state index contributed by atoms with van der Waals surface area (Å²) in [7, 11) is 0. The molecule has 3 rings (SSSR count). The maximum Gasteiger partial charge on any atom is 0.0480 e. The van der Waals surface area contributed by atoms with E-state index in [9.17, 15) is 0 Å². The van der Waals surface area contributed by atoms with Crippen molar-refractivity contribution >= 4 is 34.0 Å². The Morgan fingerprint density at radius 2 is 2.12 bits per heavy atom. The molecule has 3 N–H and O–H groups in total. The molecule has 1 aliphatic carbocycles. The van der Waals surface area contributed by atoms with Gasteiger partial charge in [0.05, 0.1) is 0 Å². The zero-order chi connectivity index (χ0) is 11.8. The van der Waals surface area contributed by atoms with Gasteiger partial charge in [-0.25, -0.2) is 0 Å². The molecule has 1 unspecified atom stereocenters. The molecule has 1 saturated carbocycles. The number of nitrogens with one attached hydrogen (secondary N) is 1. The van der Waals surface area contributed by atoms with Crippen molar-refractivity contribution in [2.45, 2.75) is 31.3 Å². The highest BCUT2D eigenvalue weighted by Gasteiger charge is 2.34. The van der Waals surface area contributed by atoms with E-state index >= 15 is 0 Å². The van der Waals surface area contributed by atoms with Gasteiger partial charge in [0, 0.05) is 40.1 Å². The molecule has 1 aliphatic heterocycles. The number of nitrogen functional groups attached to an aromatic ring is 1. The van der Waals surface area contributed by atoms with Crippen molar-refractivity contribution in [3.63, 3.8) is 0 Å². The molecule has 4 heteroatoms. The number of anilines is 2. The second-order valence-electron chi connectivity index (χ2n) is 5.10. The first kappa shape index (κ1) is 11.6. The average molecular weight is 343 g/mol. The van der Waals surface area contributed by atoms with Crippen LogP contribution in [0.15, 0.2) is 18.2 Å². The van der Waals surface area contributed by atoms with Crippen LogP contribution in [-0.2, 0) is 0 Å². The standard InChI is InChI=1S/C13H18IN3/c14-12-7-9(15)1-4-13(12)16-10-5-6-17(8-10)11-2-3-11/h1,4,7,10-11,16H,2-3,5-6,8,15H2. The van der Waals surface area contributed by atoms with Crippen molar-refractivity contribution in [3.05, 3.63) is 21.8 Å². The monoisotopic (exact) mass is 343 g/mol. The summed E-state index contributed by atoms with van der Waals surface area (Å²) in [4.78, 5) is 2.63. The van der Waals surface area contributed by atoms with Gasteiger partial charge in [-0.3, -0.25) is 4.90 Å². The maximum atomic E-state index is 5.76. The van der Waals surface area contributed by atoms with Crippen LogP contribution < -0.4 is 11.1 Å². The first-order valence-corrected chi connectivity index (χ1v) is 7.36. The molecule has 1 heterocycles. The molecule has 1 atom stereocenters. The van der Waals surface area contributed by atoms with E-state index in [0.29, 0.717) is 6.04 Å². The molecule has 0 aromatic heterocycles. The van der Waals surface area contributed by atoms with Gasteiger partial charge in [0.25, 0.3) is 0 Å². The number of hydrogen-bond donors (Lipinski definition) is 2. The van der Waals surface area contributed by atoms with E-state index in [1.54, 1.807) is 0 Å². The second kappa shape index (κ2) is 4.65. The Balaban J connectivity index is 1.63. The molecule has 0 amide bonds. The third-order valence-corrected chi connectivity index (χ3v) is 4.53. The van der Waals surface area contributed by atoms with Crippen LogP contribution in [0.25, 0.3) is 0 Å². The zero-order valence-corrected chi connectivity index (χ0v) is 12.0. The third kappa shape index (κ3) is 2.68. The van der Waals surface area contributed by atoms with Crippen LogP contribution in [0.1, 0.15) is 19.3 Å². The lowest BCUT2D eigenvalue weighted by atomic mass is 10.2.